The van der Waals surface area contributed by atoms with Crippen LogP contribution in [0.15, 0.2) is 41.2 Å². The zero-order valence-corrected chi connectivity index (χ0v) is 10.3. The van der Waals surface area contributed by atoms with Crippen LogP contribution in [-0.4, -0.2) is 9.97 Å². The molecule has 3 rings (SSSR count). The minimum atomic E-state index is 0.482. The Bertz CT molecular complexity index is 789. The molecule has 0 unspecified atom stereocenters. The number of nitrogens with one attached hydrogen (secondary N) is 1. The third-order valence-electron chi connectivity index (χ3n) is 2.87. The highest BCUT2D eigenvalue weighted by atomic mass is 16.3. The maximum Gasteiger partial charge on any atom is 0.149 e. The molecule has 92 valence electrons. The lowest BCUT2D eigenvalue weighted by molar-refractivity contribution is 0.567. The van der Waals surface area contributed by atoms with Gasteiger partial charge in [0.05, 0.1) is 29.1 Å². The van der Waals surface area contributed by atoms with Gasteiger partial charge in [-0.1, -0.05) is 6.07 Å². The molecule has 0 aliphatic rings. The molecule has 0 saturated carbocycles. The van der Waals surface area contributed by atoms with E-state index in [4.69, 9.17) is 4.42 Å². The van der Waals surface area contributed by atoms with E-state index in [-0.39, 0.29) is 0 Å². The summed E-state index contributed by atoms with van der Waals surface area (Å²) in [7, 11) is 0. The Labute approximate surface area is 110 Å². The van der Waals surface area contributed by atoms with E-state index < -0.39 is 0 Å². The van der Waals surface area contributed by atoms with Crippen molar-refractivity contribution < 1.29 is 4.42 Å². The van der Waals surface area contributed by atoms with E-state index in [9.17, 15) is 5.26 Å². The smallest absolute Gasteiger partial charge is 0.149 e. The summed E-state index contributed by atoms with van der Waals surface area (Å²) in [5.74, 6) is 0.573. The van der Waals surface area contributed by atoms with Crippen LogP contribution in [0, 0.1) is 18.3 Å². The number of benzene rings is 1. The molecule has 0 aliphatic carbocycles. The number of aromatic nitrogens is 2. The second-order valence-electron chi connectivity index (χ2n) is 4.33. The number of hydrogen-bond acceptors (Lipinski definition) is 3. The zero-order valence-electron chi connectivity index (χ0n) is 10.3. The molecule has 19 heavy (non-hydrogen) atoms. The first-order chi connectivity index (χ1) is 9.26. The Morgan fingerprint density at radius 1 is 1.42 bits per heavy atom. The average Bonchev–Trinajstić information content (AvgIpc) is 3.03. The van der Waals surface area contributed by atoms with E-state index >= 15 is 0 Å². The van der Waals surface area contributed by atoms with Gasteiger partial charge >= 0.3 is 0 Å². The van der Waals surface area contributed by atoms with Gasteiger partial charge in [0.1, 0.15) is 11.9 Å². The van der Waals surface area contributed by atoms with E-state index in [1.807, 2.05) is 25.1 Å². The maximum atomic E-state index is 9.25. The minimum absolute atomic E-state index is 0.482. The summed E-state index contributed by atoms with van der Waals surface area (Å²) in [6, 6.07) is 9.91. The van der Waals surface area contributed by atoms with Gasteiger partial charge in [-0.25, -0.2) is 4.98 Å². The highest BCUT2D eigenvalue weighted by molar-refractivity contribution is 5.90. The molecule has 0 radical (unpaired) electrons. The number of aromatic amines is 1. The molecular formula is C15H11N3O. The number of allylic oxidation sites excluding steroid dienone is 1. The summed E-state index contributed by atoms with van der Waals surface area (Å²) in [5, 5.41) is 9.25. The molecule has 0 aliphatic heterocycles. The fourth-order valence-corrected chi connectivity index (χ4v) is 1.93. The van der Waals surface area contributed by atoms with Gasteiger partial charge in [0.25, 0.3) is 0 Å². The fraction of sp³-hybridized carbons (Fsp3) is 0.0667. The van der Waals surface area contributed by atoms with Gasteiger partial charge in [0.2, 0.25) is 0 Å². The van der Waals surface area contributed by atoms with Gasteiger partial charge in [-0.2, -0.15) is 5.26 Å². The van der Waals surface area contributed by atoms with Crippen molar-refractivity contribution in [2.75, 3.05) is 0 Å². The highest BCUT2D eigenvalue weighted by Gasteiger charge is 2.08. The summed E-state index contributed by atoms with van der Waals surface area (Å²) in [6.45, 7) is 2.02. The van der Waals surface area contributed by atoms with Crippen molar-refractivity contribution in [2.45, 2.75) is 6.92 Å². The number of H-pyrrole nitrogens is 1. The number of fused-ring (bicyclic) bond motifs is 1. The van der Waals surface area contributed by atoms with Gasteiger partial charge in [-0.15, -0.1) is 0 Å². The second kappa shape index (κ2) is 4.46. The molecule has 0 amide bonds. The first-order valence-electron chi connectivity index (χ1n) is 5.87. The summed E-state index contributed by atoms with van der Waals surface area (Å²) in [6.07, 6.45) is 4.90. The van der Waals surface area contributed by atoms with Gasteiger partial charge in [0.15, 0.2) is 0 Å². The van der Waals surface area contributed by atoms with Crippen LogP contribution in [0.1, 0.15) is 17.0 Å². The third-order valence-corrected chi connectivity index (χ3v) is 2.87. The predicted octanol–water partition coefficient (Wildman–Crippen LogP) is 3.53. The minimum Gasteiger partial charge on any atom is -0.472 e. The monoisotopic (exact) mass is 249 g/mol. The molecule has 3 aromatic rings. The molecule has 0 atom stereocenters. The fourth-order valence-electron chi connectivity index (χ4n) is 1.93. The lowest BCUT2D eigenvalue weighted by Crippen LogP contribution is -1.83. The Kier molecular flexibility index (Phi) is 2.66. The van der Waals surface area contributed by atoms with Gasteiger partial charge in [-0.3, -0.25) is 0 Å². The summed E-state index contributed by atoms with van der Waals surface area (Å²) in [4.78, 5) is 7.60. The lowest BCUT2D eigenvalue weighted by Gasteiger charge is -1.91. The largest absolute Gasteiger partial charge is 0.472 e. The molecule has 2 aromatic heterocycles. The Hall–Kier alpha value is -2.80. The topological polar surface area (TPSA) is 65.6 Å². The van der Waals surface area contributed by atoms with Crippen LogP contribution in [0.2, 0.25) is 0 Å². The normalized spacial score (nSPS) is 11.7. The van der Waals surface area contributed by atoms with E-state index in [1.54, 1.807) is 24.7 Å². The highest BCUT2D eigenvalue weighted by Crippen LogP contribution is 2.20. The van der Waals surface area contributed by atoms with Crippen LogP contribution in [0.3, 0.4) is 0 Å². The molecule has 0 bridgehead atoms. The molecule has 4 heteroatoms. The van der Waals surface area contributed by atoms with Crippen LogP contribution < -0.4 is 0 Å². The van der Waals surface area contributed by atoms with Crippen LogP contribution in [-0.2, 0) is 0 Å². The van der Waals surface area contributed by atoms with Crippen molar-refractivity contribution in [1.82, 2.24) is 9.97 Å². The standard InChI is InChI=1S/C15H11N3O/c1-10-2-3-13-14(6-10)18-15(17-13)12(8-16)7-11-4-5-19-9-11/h2-7,9H,1H3,(H,17,18). The predicted molar refractivity (Wildman–Crippen MR) is 73.0 cm³/mol. The van der Waals surface area contributed by atoms with E-state index in [0.717, 1.165) is 22.2 Å². The SMILES string of the molecule is Cc1ccc2nc(C(C#N)=Cc3ccoc3)[nH]c2c1. The Morgan fingerprint density at radius 2 is 2.32 bits per heavy atom. The number of aryl methyl sites for hydroxylation is 1. The number of nitrogens with zero attached hydrogens (tertiary/aromatic N) is 2. The van der Waals surface area contributed by atoms with Crippen LogP contribution in [0.25, 0.3) is 22.7 Å². The van der Waals surface area contributed by atoms with Crippen LogP contribution in [0.5, 0.6) is 0 Å². The summed E-state index contributed by atoms with van der Waals surface area (Å²) >= 11 is 0. The van der Waals surface area contributed by atoms with Crippen molar-refractivity contribution in [3.8, 4) is 6.07 Å². The summed E-state index contributed by atoms with van der Waals surface area (Å²) < 4.78 is 4.99. The molecule has 0 fully saturated rings. The second-order valence-corrected chi connectivity index (χ2v) is 4.33. The van der Waals surface area contributed by atoms with E-state index in [1.165, 1.54) is 0 Å². The number of rotatable bonds is 2. The number of furan rings is 1. The average molecular weight is 249 g/mol. The molecule has 2 heterocycles. The molecule has 4 nitrogen and oxygen atoms in total. The van der Waals surface area contributed by atoms with E-state index in [0.29, 0.717) is 11.4 Å². The number of hydrogen-bond donors (Lipinski definition) is 1. The molecule has 0 saturated heterocycles. The molecule has 0 spiro atoms. The lowest BCUT2D eigenvalue weighted by atomic mass is 10.2. The van der Waals surface area contributed by atoms with Crippen molar-refractivity contribution >= 4 is 22.7 Å². The third kappa shape index (κ3) is 2.14. The van der Waals surface area contributed by atoms with Gasteiger partial charge in [-0.05, 0) is 36.8 Å². The Balaban J connectivity index is 2.10. The first kappa shape index (κ1) is 11.3. The number of nitriles is 1. The van der Waals surface area contributed by atoms with Crippen molar-refractivity contribution in [2.24, 2.45) is 0 Å². The maximum absolute atomic E-state index is 9.25. The van der Waals surface area contributed by atoms with Gasteiger partial charge in [0, 0.05) is 5.56 Å². The Morgan fingerprint density at radius 3 is 3.05 bits per heavy atom. The first-order valence-corrected chi connectivity index (χ1v) is 5.87. The summed E-state index contributed by atoms with van der Waals surface area (Å²) in [5.41, 5.74) is 4.26. The van der Waals surface area contributed by atoms with Gasteiger partial charge < -0.3 is 9.40 Å². The number of imidazole rings is 1. The zero-order chi connectivity index (χ0) is 13.2. The van der Waals surface area contributed by atoms with Crippen molar-refractivity contribution in [3.05, 3.63) is 53.7 Å². The van der Waals surface area contributed by atoms with Crippen LogP contribution >= 0.6 is 0 Å². The molecule has 1 N–H and O–H groups in total. The van der Waals surface area contributed by atoms with Crippen molar-refractivity contribution in [1.29, 1.82) is 5.26 Å². The molecule has 1 aromatic carbocycles. The van der Waals surface area contributed by atoms with Crippen LogP contribution in [0.4, 0.5) is 0 Å². The quantitative estimate of drug-likeness (QED) is 0.706. The van der Waals surface area contributed by atoms with Crippen molar-refractivity contribution in [3.63, 3.8) is 0 Å². The van der Waals surface area contributed by atoms with E-state index in [2.05, 4.69) is 16.0 Å². The molecular weight excluding hydrogens is 238 g/mol.